The van der Waals surface area contributed by atoms with Crippen molar-refractivity contribution in [2.75, 3.05) is 19.7 Å². The van der Waals surface area contributed by atoms with E-state index in [1.165, 1.54) is 25.7 Å². The number of carbonyl (C=O) groups excluding carboxylic acids is 2. The lowest BCUT2D eigenvalue weighted by Crippen LogP contribution is -2.47. The monoisotopic (exact) mass is 371 g/mol. The first-order valence-corrected chi connectivity index (χ1v) is 10.3. The van der Waals surface area contributed by atoms with Gasteiger partial charge in [-0.05, 0) is 50.2 Å². The second-order valence-corrected chi connectivity index (χ2v) is 8.32. The largest absolute Gasteiger partial charge is 0.373 e. The quantitative estimate of drug-likeness (QED) is 0.883. The van der Waals surface area contributed by atoms with Crippen molar-refractivity contribution in [1.29, 1.82) is 0 Å². The molecule has 6 heteroatoms. The molecule has 1 atom stereocenters. The van der Waals surface area contributed by atoms with Crippen LogP contribution in [0.1, 0.15) is 61.9 Å². The van der Waals surface area contributed by atoms with Crippen molar-refractivity contribution in [2.45, 2.75) is 63.0 Å². The van der Waals surface area contributed by atoms with E-state index in [0.717, 1.165) is 38.8 Å². The molecule has 0 aromatic carbocycles. The molecule has 1 unspecified atom stereocenters. The van der Waals surface area contributed by atoms with E-state index in [2.05, 4.69) is 10.3 Å². The molecule has 2 amide bonds. The van der Waals surface area contributed by atoms with Crippen LogP contribution in [0.5, 0.6) is 0 Å². The second-order valence-electron chi connectivity index (χ2n) is 8.32. The van der Waals surface area contributed by atoms with Crippen LogP contribution in [0, 0.1) is 5.92 Å². The normalized spacial score (nSPS) is 25.0. The van der Waals surface area contributed by atoms with Crippen molar-refractivity contribution in [3.8, 4) is 0 Å². The number of ether oxygens (including phenoxy) is 1. The van der Waals surface area contributed by atoms with Crippen LogP contribution < -0.4 is 5.32 Å². The van der Waals surface area contributed by atoms with Gasteiger partial charge in [0.1, 0.15) is 5.69 Å². The van der Waals surface area contributed by atoms with Crippen LogP contribution in [0.4, 0.5) is 0 Å². The third-order valence-corrected chi connectivity index (χ3v) is 6.41. The number of likely N-dealkylation sites (tertiary alicyclic amines) is 1. The maximum absolute atomic E-state index is 12.5. The van der Waals surface area contributed by atoms with Crippen molar-refractivity contribution in [3.05, 3.63) is 30.1 Å². The third-order valence-electron chi connectivity index (χ3n) is 6.41. The molecular weight excluding hydrogens is 342 g/mol. The standard InChI is InChI=1S/C21H29N3O3/c25-19(13-16-5-1-2-6-16)24-11-8-21(9-12-24)14-17(15-27-21)23-20(26)18-7-3-4-10-22-18/h3-4,7,10,16-17H,1-2,5-6,8-9,11-15H2,(H,23,26). The minimum Gasteiger partial charge on any atom is -0.373 e. The van der Waals surface area contributed by atoms with Crippen LogP contribution in [-0.2, 0) is 9.53 Å². The van der Waals surface area contributed by atoms with Crippen LogP contribution in [0.3, 0.4) is 0 Å². The molecule has 2 saturated heterocycles. The molecule has 1 aromatic heterocycles. The molecule has 1 aliphatic carbocycles. The third kappa shape index (κ3) is 4.32. The minimum absolute atomic E-state index is 0.0141. The predicted octanol–water partition coefficient (Wildman–Crippen LogP) is 2.54. The van der Waals surface area contributed by atoms with Crippen LogP contribution >= 0.6 is 0 Å². The van der Waals surface area contributed by atoms with Crippen molar-refractivity contribution in [2.24, 2.45) is 5.92 Å². The fraction of sp³-hybridized carbons (Fsp3) is 0.667. The van der Waals surface area contributed by atoms with Gasteiger partial charge in [0.15, 0.2) is 0 Å². The summed E-state index contributed by atoms with van der Waals surface area (Å²) in [7, 11) is 0. The van der Waals surface area contributed by atoms with Crippen molar-refractivity contribution >= 4 is 11.8 Å². The van der Waals surface area contributed by atoms with E-state index in [1.54, 1.807) is 18.3 Å². The van der Waals surface area contributed by atoms with E-state index in [9.17, 15) is 9.59 Å². The van der Waals surface area contributed by atoms with Gasteiger partial charge >= 0.3 is 0 Å². The summed E-state index contributed by atoms with van der Waals surface area (Å²) >= 11 is 0. The molecule has 1 saturated carbocycles. The molecule has 0 radical (unpaired) electrons. The average molecular weight is 371 g/mol. The molecule has 3 heterocycles. The van der Waals surface area contributed by atoms with Gasteiger partial charge in [-0.25, -0.2) is 0 Å². The summed E-state index contributed by atoms with van der Waals surface area (Å²) in [6.07, 6.45) is 9.86. The molecule has 2 aliphatic heterocycles. The fourth-order valence-corrected chi connectivity index (χ4v) is 4.80. The van der Waals surface area contributed by atoms with Gasteiger partial charge in [-0.2, -0.15) is 0 Å². The highest BCUT2D eigenvalue weighted by atomic mass is 16.5. The van der Waals surface area contributed by atoms with E-state index in [4.69, 9.17) is 4.74 Å². The number of nitrogens with one attached hydrogen (secondary N) is 1. The van der Waals surface area contributed by atoms with Gasteiger partial charge in [0.25, 0.3) is 5.91 Å². The highest BCUT2D eigenvalue weighted by Gasteiger charge is 2.44. The summed E-state index contributed by atoms with van der Waals surface area (Å²) in [5, 5.41) is 3.04. The molecule has 6 nitrogen and oxygen atoms in total. The zero-order chi connectivity index (χ0) is 18.7. The zero-order valence-corrected chi connectivity index (χ0v) is 15.9. The van der Waals surface area contributed by atoms with E-state index >= 15 is 0 Å². The van der Waals surface area contributed by atoms with E-state index in [0.29, 0.717) is 24.1 Å². The van der Waals surface area contributed by atoms with E-state index in [1.807, 2.05) is 11.0 Å². The minimum atomic E-state index is -0.188. The lowest BCUT2D eigenvalue weighted by Gasteiger charge is -2.39. The Morgan fingerprint density at radius 2 is 2.00 bits per heavy atom. The first kappa shape index (κ1) is 18.4. The van der Waals surface area contributed by atoms with Gasteiger partial charge in [0.2, 0.25) is 5.91 Å². The highest BCUT2D eigenvalue weighted by Crippen LogP contribution is 2.36. The first-order valence-electron chi connectivity index (χ1n) is 10.3. The average Bonchev–Trinajstić information content (AvgIpc) is 3.33. The smallest absolute Gasteiger partial charge is 0.270 e. The first-order chi connectivity index (χ1) is 13.1. The Labute approximate surface area is 160 Å². The number of carbonyl (C=O) groups is 2. The van der Waals surface area contributed by atoms with Gasteiger partial charge in [-0.1, -0.05) is 18.9 Å². The summed E-state index contributed by atoms with van der Waals surface area (Å²) in [6, 6.07) is 5.34. The summed E-state index contributed by atoms with van der Waals surface area (Å²) < 4.78 is 6.12. The molecular formula is C21H29N3O3. The van der Waals surface area contributed by atoms with Gasteiger partial charge < -0.3 is 15.0 Å². The molecule has 4 rings (SSSR count). The van der Waals surface area contributed by atoms with Gasteiger partial charge in [-0.15, -0.1) is 0 Å². The number of hydrogen-bond donors (Lipinski definition) is 1. The Balaban J connectivity index is 1.25. The van der Waals surface area contributed by atoms with E-state index in [-0.39, 0.29) is 17.6 Å². The van der Waals surface area contributed by atoms with Crippen LogP contribution in [0.25, 0.3) is 0 Å². The second kappa shape index (κ2) is 7.97. The number of piperidine rings is 1. The molecule has 1 spiro atoms. The SMILES string of the molecule is O=C(NC1COC2(CCN(C(=O)CC3CCCC3)CC2)C1)c1ccccn1. The predicted molar refractivity (Wildman–Crippen MR) is 101 cm³/mol. The summed E-state index contributed by atoms with van der Waals surface area (Å²) in [5.74, 6) is 0.766. The molecule has 1 N–H and O–H groups in total. The molecule has 3 fully saturated rings. The molecule has 1 aromatic rings. The van der Waals surface area contributed by atoms with Crippen molar-refractivity contribution < 1.29 is 14.3 Å². The number of hydrogen-bond acceptors (Lipinski definition) is 4. The van der Waals surface area contributed by atoms with Gasteiger partial charge in [0, 0.05) is 25.7 Å². The Morgan fingerprint density at radius 1 is 1.22 bits per heavy atom. The Hall–Kier alpha value is -1.95. The summed E-state index contributed by atoms with van der Waals surface area (Å²) in [4.78, 5) is 31.0. The lowest BCUT2D eigenvalue weighted by atomic mass is 9.87. The van der Waals surface area contributed by atoms with Crippen molar-refractivity contribution in [3.63, 3.8) is 0 Å². The number of amides is 2. The Morgan fingerprint density at radius 3 is 2.70 bits per heavy atom. The fourth-order valence-electron chi connectivity index (χ4n) is 4.80. The Kier molecular flexibility index (Phi) is 5.43. The maximum Gasteiger partial charge on any atom is 0.270 e. The summed E-state index contributed by atoms with van der Waals surface area (Å²) in [6.45, 7) is 2.08. The van der Waals surface area contributed by atoms with Gasteiger partial charge in [-0.3, -0.25) is 14.6 Å². The topological polar surface area (TPSA) is 71.5 Å². The van der Waals surface area contributed by atoms with Crippen LogP contribution in [-0.4, -0.2) is 53.0 Å². The number of aromatic nitrogens is 1. The number of rotatable bonds is 4. The molecule has 27 heavy (non-hydrogen) atoms. The molecule has 0 bridgehead atoms. The van der Waals surface area contributed by atoms with Gasteiger partial charge in [0.05, 0.1) is 18.2 Å². The number of pyridine rings is 1. The zero-order valence-electron chi connectivity index (χ0n) is 15.9. The summed E-state index contributed by atoms with van der Waals surface area (Å²) in [5.41, 5.74) is 0.248. The number of nitrogens with zero attached hydrogens (tertiary/aromatic N) is 2. The lowest BCUT2D eigenvalue weighted by molar-refractivity contribution is -0.137. The van der Waals surface area contributed by atoms with Crippen molar-refractivity contribution in [1.82, 2.24) is 15.2 Å². The van der Waals surface area contributed by atoms with Crippen LogP contribution in [0.15, 0.2) is 24.4 Å². The maximum atomic E-state index is 12.5. The highest BCUT2D eigenvalue weighted by molar-refractivity contribution is 5.92. The Bertz CT molecular complexity index is 665. The molecule has 3 aliphatic rings. The van der Waals surface area contributed by atoms with Crippen LogP contribution in [0.2, 0.25) is 0 Å². The molecule has 146 valence electrons. The van der Waals surface area contributed by atoms with E-state index < -0.39 is 0 Å².